The van der Waals surface area contributed by atoms with Crippen molar-refractivity contribution in [1.29, 1.82) is 0 Å². The number of rotatable bonds is 14. The van der Waals surface area contributed by atoms with Gasteiger partial charge in [0.25, 0.3) is 17.7 Å². The van der Waals surface area contributed by atoms with E-state index in [9.17, 15) is 24.3 Å². The number of aromatic carboxylic acids is 1. The van der Waals surface area contributed by atoms with Gasteiger partial charge in [-0.2, -0.15) is 0 Å². The first kappa shape index (κ1) is 29.5. The molecule has 0 aromatic heterocycles. The Bertz CT molecular complexity index is 1430. The molecule has 0 spiro atoms. The average molecular weight is 556 g/mol. The van der Waals surface area contributed by atoms with Gasteiger partial charge in [-0.05, 0) is 61.9 Å². The number of anilines is 3. The fraction of sp³-hybridized carbons (Fsp3) is 0.333. The van der Waals surface area contributed by atoms with Crippen LogP contribution in [0.15, 0.2) is 60.7 Å². The molecule has 8 heteroatoms. The summed E-state index contributed by atoms with van der Waals surface area (Å²) < 4.78 is 0. The van der Waals surface area contributed by atoms with Crippen molar-refractivity contribution in [3.63, 3.8) is 0 Å². The van der Waals surface area contributed by atoms with E-state index in [4.69, 9.17) is 0 Å². The van der Waals surface area contributed by atoms with Gasteiger partial charge in [0.2, 0.25) is 0 Å². The number of nitrogens with one attached hydrogen (secondary N) is 2. The first-order valence-corrected chi connectivity index (χ1v) is 14.3. The molecule has 4 rings (SSSR count). The first-order chi connectivity index (χ1) is 19.8. The summed E-state index contributed by atoms with van der Waals surface area (Å²) in [7, 11) is 0. The van der Waals surface area contributed by atoms with Crippen LogP contribution in [0.3, 0.4) is 0 Å². The average Bonchev–Trinajstić information content (AvgIpc) is 3.22. The Morgan fingerprint density at radius 1 is 0.780 bits per heavy atom. The van der Waals surface area contributed by atoms with Crippen molar-refractivity contribution in [2.75, 3.05) is 22.1 Å². The predicted octanol–water partition coefficient (Wildman–Crippen LogP) is 7.30. The number of hydrogen-bond acceptors (Lipinski definition) is 5. The summed E-state index contributed by atoms with van der Waals surface area (Å²) in [5.41, 5.74) is 2.90. The van der Waals surface area contributed by atoms with Gasteiger partial charge in [-0.25, -0.2) is 9.69 Å². The Labute approximate surface area is 240 Å². The van der Waals surface area contributed by atoms with Crippen molar-refractivity contribution < 1.29 is 24.3 Å². The Balaban J connectivity index is 1.53. The molecule has 0 bridgehead atoms. The van der Waals surface area contributed by atoms with E-state index in [2.05, 4.69) is 17.6 Å². The summed E-state index contributed by atoms with van der Waals surface area (Å²) in [6, 6.07) is 16.1. The SMILES string of the molecule is CCCCCCCCCCNc1ccc(N2C(=O)c3ccc(C(=O)O)cc3C2=O)cc1C(=O)Nc1ccc(C)cc1. The standard InChI is InChI=1S/C33H37N3O5/c1-3-4-5-6-7-8-9-10-19-34-29-18-16-25(21-28(29)30(37)35-24-14-11-22(2)12-15-24)36-31(38)26-17-13-23(33(40)41)20-27(26)32(36)39/h11-18,20-21,34H,3-10,19H2,1-2H3,(H,35,37)(H,40,41). The largest absolute Gasteiger partial charge is 0.478 e. The van der Waals surface area contributed by atoms with Crippen molar-refractivity contribution in [2.24, 2.45) is 0 Å². The molecule has 0 fully saturated rings. The van der Waals surface area contributed by atoms with Crippen LogP contribution in [0.25, 0.3) is 0 Å². The van der Waals surface area contributed by atoms with Crippen LogP contribution in [0.4, 0.5) is 17.1 Å². The zero-order valence-electron chi connectivity index (χ0n) is 23.7. The topological polar surface area (TPSA) is 116 Å². The summed E-state index contributed by atoms with van der Waals surface area (Å²) in [5.74, 6) is -2.75. The molecule has 1 aliphatic rings. The molecule has 0 saturated carbocycles. The van der Waals surface area contributed by atoms with Crippen molar-refractivity contribution >= 4 is 40.8 Å². The minimum absolute atomic E-state index is 0.0254. The maximum absolute atomic E-state index is 13.4. The summed E-state index contributed by atoms with van der Waals surface area (Å²) in [6.45, 7) is 4.86. The van der Waals surface area contributed by atoms with Crippen LogP contribution in [0, 0.1) is 6.92 Å². The van der Waals surface area contributed by atoms with Crippen molar-refractivity contribution in [2.45, 2.75) is 65.2 Å². The van der Waals surface area contributed by atoms with Crippen LogP contribution >= 0.6 is 0 Å². The number of carbonyl (C=O) groups excluding carboxylic acids is 3. The quantitative estimate of drug-likeness (QED) is 0.142. The second-order valence-corrected chi connectivity index (χ2v) is 10.5. The molecule has 3 amide bonds. The lowest BCUT2D eigenvalue weighted by Crippen LogP contribution is -2.29. The molecule has 0 aliphatic carbocycles. The fourth-order valence-electron chi connectivity index (χ4n) is 4.94. The molecule has 8 nitrogen and oxygen atoms in total. The van der Waals surface area contributed by atoms with Gasteiger partial charge in [-0.3, -0.25) is 14.4 Å². The lowest BCUT2D eigenvalue weighted by atomic mass is 10.1. The molecule has 3 N–H and O–H groups in total. The van der Waals surface area contributed by atoms with E-state index in [-0.39, 0.29) is 28.3 Å². The zero-order chi connectivity index (χ0) is 29.4. The van der Waals surface area contributed by atoms with E-state index in [0.717, 1.165) is 23.3 Å². The lowest BCUT2D eigenvalue weighted by Gasteiger charge is -2.18. The second kappa shape index (κ2) is 13.7. The number of unbranched alkanes of at least 4 members (excludes halogenated alkanes) is 7. The minimum atomic E-state index is -1.19. The first-order valence-electron chi connectivity index (χ1n) is 14.3. The van der Waals surface area contributed by atoms with Gasteiger partial charge in [-0.1, -0.05) is 69.6 Å². The van der Waals surface area contributed by atoms with Gasteiger partial charge < -0.3 is 15.7 Å². The molecule has 0 atom stereocenters. The molecule has 0 radical (unpaired) electrons. The minimum Gasteiger partial charge on any atom is -0.478 e. The molecule has 41 heavy (non-hydrogen) atoms. The van der Waals surface area contributed by atoms with Crippen LogP contribution in [0.5, 0.6) is 0 Å². The van der Waals surface area contributed by atoms with Gasteiger partial charge in [0.1, 0.15) is 0 Å². The van der Waals surface area contributed by atoms with E-state index >= 15 is 0 Å². The summed E-state index contributed by atoms with van der Waals surface area (Å²) in [4.78, 5) is 52.2. The molecular weight excluding hydrogens is 518 g/mol. The number of carboxylic acid groups (broad SMARTS) is 1. The zero-order valence-corrected chi connectivity index (χ0v) is 23.7. The number of hydrogen-bond donors (Lipinski definition) is 3. The third kappa shape index (κ3) is 7.20. The molecule has 214 valence electrons. The number of benzene rings is 3. The highest BCUT2D eigenvalue weighted by molar-refractivity contribution is 6.35. The van der Waals surface area contributed by atoms with Crippen LogP contribution in [-0.2, 0) is 0 Å². The number of imide groups is 1. The number of carboxylic acids is 1. The van der Waals surface area contributed by atoms with E-state index < -0.39 is 17.8 Å². The highest BCUT2D eigenvalue weighted by Crippen LogP contribution is 2.32. The molecule has 0 unspecified atom stereocenters. The van der Waals surface area contributed by atoms with Crippen LogP contribution in [0.2, 0.25) is 0 Å². The molecule has 3 aromatic carbocycles. The van der Waals surface area contributed by atoms with Crippen molar-refractivity contribution in [3.8, 4) is 0 Å². The number of amides is 3. The summed E-state index contributed by atoms with van der Waals surface area (Å²) in [6.07, 6.45) is 9.53. The Morgan fingerprint density at radius 2 is 1.44 bits per heavy atom. The number of nitrogens with zero attached hydrogens (tertiary/aromatic N) is 1. The third-order valence-corrected chi connectivity index (χ3v) is 7.29. The number of fused-ring (bicyclic) bond motifs is 1. The predicted molar refractivity (Wildman–Crippen MR) is 161 cm³/mol. The normalized spacial score (nSPS) is 12.4. The smallest absolute Gasteiger partial charge is 0.335 e. The van der Waals surface area contributed by atoms with E-state index in [1.807, 2.05) is 31.2 Å². The maximum Gasteiger partial charge on any atom is 0.335 e. The molecule has 1 aliphatic heterocycles. The van der Waals surface area contributed by atoms with Gasteiger partial charge in [0.05, 0.1) is 27.9 Å². The second-order valence-electron chi connectivity index (χ2n) is 10.5. The van der Waals surface area contributed by atoms with Gasteiger partial charge in [-0.15, -0.1) is 0 Å². The van der Waals surface area contributed by atoms with Crippen molar-refractivity contribution in [1.82, 2.24) is 0 Å². The summed E-state index contributed by atoms with van der Waals surface area (Å²) in [5, 5.41) is 15.6. The monoisotopic (exact) mass is 555 g/mol. The Kier molecular flexibility index (Phi) is 9.90. The maximum atomic E-state index is 13.4. The van der Waals surface area contributed by atoms with Crippen molar-refractivity contribution in [3.05, 3.63) is 88.5 Å². The van der Waals surface area contributed by atoms with E-state index in [0.29, 0.717) is 23.5 Å². The third-order valence-electron chi connectivity index (χ3n) is 7.29. The van der Waals surface area contributed by atoms with Gasteiger partial charge >= 0.3 is 5.97 Å². The highest BCUT2D eigenvalue weighted by atomic mass is 16.4. The lowest BCUT2D eigenvalue weighted by molar-refractivity contribution is 0.0696. The van der Waals surface area contributed by atoms with E-state index in [1.165, 1.54) is 62.8 Å². The molecule has 0 saturated heterocycles. The van der Waals surface area contributed by atoms with Gasteiger partial charge in [0.15, 0.2) is 0 Å². The van der Waals surface area contributed by atoms with E-state index in [1.54, 1.807) is 12.1 Å². The number of carbonyl (C=O) groups is 4. The fourth-order valence-corrected chi connectivity index (χ4v) is 4.94. The van der Waals surface area contributed by atoms with Crippen LogP contribution in [-0.4, -0.2) is 35.3 Å². The molecule has 1 heterocycles. The Morgan fingerprint density at radius 3 is 2.12 bits per heavy atom. The molecule has 3 aromatic rings. The Hall–Kier alpha value is -4.46. The number of aryl methyl sites for hydroxylation is 1. The van der Waals surface area contributed by atoms with Crippen LogP contribution in [0.1, 0.15) is 105 Å². The summed E-state index contributed by atoms with van der Waals surface area (Å²) >= 11 is 0. The highest BCUT2D eigenvalue weighted by Gasteiger charge is 2.37. The molecular formula is C33H37N3O5. The van der Waals surface area contributed by atoms with Gasteiger partial charge in [0, 0.05) is 17.9 Å². The van der Waals surface area contributed by atoms with Crippen LogP contribution < -0.4 is 15.5 Å².